The first-order valence-corrected chi connectivity index (χ1v) is 9.65. The third-order valence-electron chi connectivity index (χ3n) is 4.86. The number of aliphatic imine (C=N–C) groups is 1. The Bertz CT molecular complexity index is 922. The molecule has 0 saturated heterocycles. The smallest absolute Gasteiger partial charge is 0.256 e. The molecule has 1 aromatic heterocycles. The Morgan fingerprint density at radius 3 is 2.76 bits per heavy atom. The van der Waals surface area contributed by atoms with Gasteiger partial charge in [0.2, 0.25) is 0 Å². The molecule has 0 radical (unpaired) electrons. The molecule has 0 bridgehead atoms. The maximum absolute atomic E-state index is 13.8. The van der Waals surface area contributed by atoms with Crippen LogP contribution in [-0.4, -0.2) is 40.0 Å². The molecule has 0 aliphatic carbocycles. The van der Waals surface area contributed by atoms with Gasteiger partial charge in [-0.15, -0.1) is 0 Å². The number of halogens is 1. The lowest BCUT2D eigenvalue weighted by Gasteiger charge is -2.28. The van der Waals surface area contributed by atoms with Gasteiger partial charge in [-0.05, 0) is 49.1 Å². The van der Waals surface area contributed by atoms with Crippen LogP contribution in [0.1, 0.15) is 49.7 Å². The van der Waals surface area contributed by atoms with Crippen LogP contribution < -0.4 is 5.32 Å². The van der Waals surface area contributed by atoms with Crippen molar-refractivity contribution >= 4 is 17.6 Å². The van der Waals surface area contributed by atoms with Gasteiger partial charge in [-0.25, -0.2) is 9.38 Å². The molecule has 0 saturated carbocycles. The van der Waals surface area contributed by atoms with Crippen LogP contribution in [0.25, 0.3) is 0 Å². The molecule has 6 nitrogen and oxygen atoms in total. The van der Waals surface area contributed by atoms with Crippen LogP contribution in [0.15, 0.2) is 42.0 Å². The number of hydrogen-bond acceptors (Lipinski definition) is 3. The van der Waals surface area contributed by atoms with Crippen molar-refractivity contribution in [2.45, 2.75) is 33.7 Å². The summed E-state index contributed by atoms with van der Waals surface area (Å²) >= 11 is 0. The number of aryl methyl sites for hydroxylation is 2. The van der Waals surface area contributed by atoms with Gasteiger partial charge < -0.3 is 10.2 Å². The molecule has 7 heteroatoms. The van der Waals surface area contributed by atoms with E-state index >= 15 is 0 Å². The Morgan fingerprint density at radius 2 is 2.14 bits per heavy atom. The highest BCUT2D eigenvalue weighted by Crippen LogP contribution is 2.26. The van der Waals surface area contributed by atoms with Gasteiger partial charge in [-0.3, -0.25) is 9.48 Å². The zero-order valence-electron chi connectivity index (χ0n) is 18.0. The fraction of sp³-hybridized carbons (Fsp3) is 0.409. The van der Waals surface area contributed by atoms with Gasteiger partial charge in [0, 0.05) is 22.1 Å². The van der Waals surface area contributed by atoms with Gasteiger partial charge in [-0.1, -0.05) is 26.5 Å². The van der Waals surface area contributed by atoms with Crippen LogP contribution >= 0.6 is 0 Å². The predicted molar refractivity (Wildman–Crippen MR) is 117 cm³/mol. The molecule has 2 rings (SSSR count). The molecule has 1 N–H and O–H groups in total. The molecule has 0 aliphatic rings. The number of amides is 1. The lowest BCUT2D eigenvalue weighted by atomic mass is 10.0. The predicted octanol–water partition coefficient (Wildman–Crippen LogP) is 4.41. The number of nitrogens with zero attached hydrogens (tertiary/aromatic N) is 4. The average molecular weight is 402 g/mol. The molecule has 0 fully saturated rings. The van der Waals surface area contributed by atoms with E-state index in [9.17, 15) is 9.18 Å². The normalized spacial score (nSPS) is 12.8. The summed E-state index contributed by atoms with van der Waals surface area (Å²) < 4.78 is 15.3. The van der Waals surface area contributed by atoms with Crippen LogP contribution in [0.2, 0.25) is 0 Å². The first kappa shape index (κ1) is 22.3. The van der Waals surface area contributed by atoms with Crippen molar-refractivity contribution in [2.24, 2.45) is 18.0 Å². The number of benzene rings is 1. The molecular formula is C22H32FN5O. The molecule has 158 valence electrons. The lowest BCUT2D eigenvalue weighted by molar-refractivity contribution is 0.0949. The lowest BCUT2D eigenvalue weighted by Crippen LogP contribution is -2.29. The molecule has 29 heavy (non-hydrogen) atoms. The van der Waals surface area contributed by atoms with Gasteiger partial charge in [0.05, 0.1) is 12.2 Å². The Labute approximate surface area is 173 Å². The second kappa shape index (κ2) is 9.49. The van der Waals surface area contributed by atoms with E-state index in [2.05, 4.69) is 22.0 Å². The second-order valence-electron chi connectivity index (χ2n) is 7.57. The van der Waals surface area contributed by atoms with E-state index in [1.165, 1.54) is 18.3 Å². The van der Waals surface area contributed by atoms with E-state index in [0.29, 0.717) is 29.7 Å². The molecule has 0 unspecified atom stereocenters. The van der Waals surface area contributed by atoms with Gasteiger partial charge >= 0.3 is 0 Å². The number of hydrogen-bond donors (Lipinski definition) is 1. The average Bonchev–Trinajstić information content (AvgIpc) is 3.05. The summed E-state index contributed by atoms with van der Waals surface area (Å²) in [6.45, 7) is 12.4. The highest BCUT2D eigenvalue weighted by atomic mass is 19.1. The van der Waals surface area contributed by atoms with Crippen molar-refractivity contribution in [3.63, 3.8) is 0 Å². The molecule has 0 aliphatic heterocycles. The number of aromatic nitrogens is 2. The summed E-state index contributed by atoms with van der Waals surface area (Å²) in [4.78, 5) is 19.1. The monoisotopic (exact) mass is 401 g/mol. The Kier molecular flexibility index (Phi) is 7.31. The number of likely N-dealkylation sites (N-methyl/N-ethyl adjacent to an activating group) is 1. The van der Waals surface area contributed by atoms with Crippen LogP contribution in [-0.2, 0) is 7.05 Å². The molecule has 1 amide bonds. The standard InChI is InChI=1S/C22H30FN5O.H2/c1-8-20(27(6)16(5)18-11-17(23)10-9-15(18)4)26-21-19(13-25-28(21)7)22(29)24-12-14(2)3;/h8-11,13-14,16H,1,12H2,2-7H3,(H,24,29);1H/b26-20+;/t16-;/m1./s1. The second-order valence-corrected chi connectivity index (χ2v) is 7.57. The minimum absolute atomic E-state index is 0. The fourth-order valence-electron chi connectivity index (χ4n) is 2.96. The van der Waals surface area contributed by atoms with Crippen molar-refractivity contribution in [1.82, 2.24) is 20.0 Å². The minimum atomic E-state index is -0.279. The number of rotatable bonds is 7. The molecule has 1 aromatic carbocycles. The Balaban J connectivity index is 0.00000450. The maximum Gasteiger partial charge on any atom is 0.256 e. The number of carbonyl (C=O) groups is 1. The first-order chi connectivity index (χ1) is 13.6. The van der Waals surface area contributed by atoms with Gasteiger partial charge in [0.15, 0.2) is 5.82 Å². The summed E-state index contributed by atoms with van der Waals surface area (Å²) in [5.41, 5.74) is 2.25. The molecule has 1 heterocycles. The largest absolute Gasteiger partial charge is 0.353 e. The third-order valence-corrected chi connectivity index (χ3v) is 4.86. The SMILES string of the molecule is C=C/C(=N\c1c(C(=O)NCC(C)C)cnn1C)N(C)[C@H](C)c1cc(F)ccc1C.[HH]. The van der Waals surface area contributed by atoms with Crippen LogP contribution in [0, 0.1) is 18.7 Å². The van der Waals surface area contributed by atoms with E-state index in [1.54, 1.807) is 23.9 Å². The number of amidine groups is 1. The number of carbonyl (C=O) groups excluding carboxylic acids is 1. The highest BCUT2D eigenvalue weighted by Gasteiger charge is 2.20. The van der Waals surface area contributed by atoms with Gasteiger partial charge in [-0.2, -0.15) is 5.10 Å². The first-order valence-electron chi connectivity index (χ1n) is 9.65. The molecular weight excluding hydrogens is 369 g/mol. The van der Waals surface area contributed by atoms with E-state index in [-0.39, 0.29) is 19.2 Å². The van der Waals surface area contributed by atoms with Crippen molar-refractivity contribution in [3.8, 4) is 0 Å². The van der Waals surface area contributed by atoms with E-state index in [1.807, 2.05) is 39.6 Å². The van der Waals surface area contributed by atoms with Crippen LogP contribution in [0.5, 0.6) is 0 Å². The molecule has 2 aromatic rings. The zero-order chi connectivity index (χ0) is 21.7. The van der Waals surface area contributed by atoms with E-state index < -0.39 is 0 Å². The Hall–Kier alpha value is -2.96. The van der Waals surface area contributed by atoms with E-state index in [0.717, 1.165) is 11.1 Å². The Morgan fingerprint density at radius 1 is 1.45 bits per heavy atom. The van der Waals surface area contributed by atoms with Crippen molar-refractivity contribution in [3.05, 3.63) is 59.6 Å². The van der Waals surface area contributed by atoms with Crippen molar-refractivity contribution in [1.29, 1.82) is 0 Å². The van der Waals surface area contributed by atoms with Gasteiger partial charge in [0.1, 0.15) is 17.2 Å². The summed E-state index contributed by atoms with van der Waals surface area (Å²) in [7, 11) is 3.60. The van der Waals surface area contributed by atoms with Crippen molar-refractivity contribution < 1.29 is 10.6 Å². The zero-order valence-corrected chi connectivity index (χ0v) is 18.0. The third kappa shape index (κ3) is 5.31. The maximum atomic E-state index is 13.8. The summed E-state index contributed by atoms with van der Waals surface area (Å²) in [5.74, 6) is 0.843. The topological polar surface area (TPSA) is 62.5 Å². The quantitative estimate of drug-likeness (QED) is 0.552. The summed E-state index contributed by atoms with van der Waals surface area (Å²) in [6.07, 6.45) is 3.13. The fourth-order valence-corrected chi connectivity index (χ4v) is 2.96. The van der Waals surface area contributed by atoms with E-state index in [4.69, 9.17) is 0 Å². The minimum Gasteiger partial charge on any atom is -0.353 e. The van der Waals surface area contributed by atoms with Crippen LogP contribution in [0.3, 0.4) is 0 Å². The van der Waals surface area contributed by atoms with Crippen LogP contribution in [0.4, 0.5) is 10.2 Å². The molecule has 0 spiro atoms. The van der Waals surface area contributed by atoms with Gasteiger partial charge in [0.25, 0.3) is 5.91 Å². The highest BCUT2D eigenvalue weighted by molar-refractivity contribution is 6.01. The summed E-state index contributed by atoms with van der Waals surface area (Å²) in [6, 6.07) is 4.60. The van der Waals surface area contributed by atoms with Crippen molar-refractivity contribution in [2.75, 3.05) is 13.6 Å². The molecule has 1 atom stereocenters. The summed E-state index contributed by atoms with van der Waals surface area (Å²) in [5, 5.41) is 7.08. The number of nitrogens with one attached hydrogen (secondary N) is 1.